The highest BCUT2D eigenvalue weighted by Gasteiger charge is 2.53. The van der Waals surface area contributed by atoms with Crippen LogP contribution in [0.4, 0.5) is 0 Å². The second-order valence-electron chi connectivity index (χ2n) is 12.5. The number of piperidine rings is 1. The molecular formula is C31H40N6O3. The summed E-state index contributed by atoms with van der Waals surface area (Å²) in [5.41, 5.74) is 7.27. The molecule has 6 aliphatic rings. The number of hydrogen-bond donors (Lipinski definition) is 3. The lowest BCUT2D eigenvalue weighted by Crippen LogP contribution is -2.55. The van der Waals surface area contributed by atoms with Gasteiger partial charge in [0.15, 0.2) is 0 Å². The van der Waals surface area contributed by atoms with Gasteiger partial charge in [-0.15, -0.1) is 0 Å². The minimum absolute atomic E-state index is 0.143. The third-order valence-corrected chi connectivity index (χ3v) is 9.80. The van der Waals surface area contributed by atoms with Crippen LogP contribution in [-0.4, -0.2) is 95.3 Å². The van der Waals surface area contributed by atoms with E-state index >= 15 is 0 Å². The standard InChI is InChI=1S/C31H40N6O3/c38-16-15-35-13-10-31(11-14-35)30(40)37(20-21-9-12-36(19-21)29(39)24-5-6-24)28(33-31)23-3-1-22(2-4-23)25-7-8-27-26(17-25)18-32-34-27/h1-4,7,17-18,21,24,27-28,33-34,38H,5-6,8-16,19-20H2/t21-,27?,28?/m1/s1. The van der Waals surface area contributed by atoms with E-state index in [-0.39, 0.29) is 30.6 Å². The highest BCUT2D eigenvalue weighted by atomic mass is 16.3. The quantitative estimate of drug-likeness (QED) is 0.485. The third kappa shape index (κ3) is 4.78. The fraction of sp³-hybridized carbons (Fsp3) is 0.581. The van der Waals surface area contributed by atoms with E-state index in [9.17, 15) is 14.7 Å². The first-order valence-corrected chi connectivity index (χ1v) is 15.0. The zero-order valence-electron chi connectivity index (χ0n) is 23.1. The average molecular weight is 545 g/mol. The van der Waals surface area contributed by atoms with Gasteiger partial charge in [0.2, 0.25) is 11.8 Å². The summed E-state index contributed by atoms with van der Waals surface area (Å²) >= 11 is 0. The highest BCUT2D eigenvalue weighted by molar-refractivity contribution is 5.91. The normalized spacial score (nSPS) is 29.5. The number of hydrogen-bond acceptors (Lipinski definition) is 7. The van der Waals surface area contributed by atoms with Crippen molar-refractivity contribution in [1.82, 2.24) is 25.4 Å². The molecule has 9 heteroatoms. The molecule has 0 bridgehead atoms. The number of carbonyl (C=O) groups excluding carboxylic acids is 2. The number of benzene rings is 1. The molecule has 9 nitrogen and oxygen atoms in total. The molecule has 4 fully saturated rings. The molecule has 7 rings (SSSR count). The molecule has 3 atom stereocenters. The van der Waals surface area contributed by atoms with Gasteiger partial charge in [-0.05, 0) is 72.8 Å². The predicted octanol–water partition coefficient (Wildman–Crippen LogP) is 1.87. The molecule has 1 saturated carbocycles. The fourth-order valence-electron chi connectivity index (χ4n) is 7.19. The van der Waals surface area contributed by atoms with Crippen molar-refractivity contribution < 1.29 is 14.7 Å². The van der Waals surface area contributed by atoms with Crippen molar-refractivity contribution in [2.45, 2.75) is 56.3 Å². The summed E-state index contributed by atoms with van der Waals surface area (Å²) in [5.74, 6) is 1.04. The van der Waals surface area contributed by atoms with E-state index < -0.39 is 5.54 Å². The third-order valence-electron chi connectivity index (χ3n) is 9.80. The van der Waals surface area contributed by atoms with Crippen molar-refractivity contribution in [3.63, 3.8) is 0 Å². The smallest absolute Gasteiger partial charge is 0.244 e. The monoisotopic (exact) mass is 544 g/mol. The maximum absolute atomic E-state index is 14.2. The van der Waals surface area contributed by atoms with Crippen molar-refractivity contribution in [1.29, 1.82) is 0 Å². The first-order chi connectivity index (χ1) is 19.5. The predicted molar refractivity (Wildman–Crippen MR) is 153 cm³/mol. The number of rotatable bonds is 7. The molecule has 212 valence electrons. The van der Waals surface area contributed by atoms with Crippen LogP contribution in [0.3, 0.4) is 0 Å². The minimum Gasteiger partial charge on any atom is -0.395 e. The number of β-amino-alcohol motifs (C(OH)–C–C–N with tert-alkyl or cyclic N) is 1. The van der Waals surface area contributed by atoms with Crippen LogP contribution in [0.2, 0.25) is 0 Å². The van der Waals surface area contributed by atoms with Crippen molar-refractivity contribution in [3.05, 3.63) is 53.1 Å². The van der Waals surface area contributed by atoms with Crippen molar-refractivity contribution in [3.8, 4) is 0 Å². The van der Waals surface area contributed by atoms with E-state index in [1.54, 1.807) is 0 Å². The number of fused-ring (bicyclic) bond motifs is 1. The Morgan fingerprint density at radius 1 is 1.10 bits per heavy atom. The van der Waals surface area contributed by atoms with Crippen LogP contribution in [-0.2, 0) is 9.59 Å². The lowest BCUT2D eigenvalue weighted by Gasteiger charge is -2.37. The fourth-order valence-corrected chi connectivity index (χ4v) is 7.19. The number of aliphatic hydroxyl groups is 1. The first-order valence-electron chi connectivity index (χ1n) is 15.0. The lowest BCUT2D eigenvalue weighted by molar-refractivity contribution is -0.135. The van der Waals surface area contributed by atoms with Crippen molar-refractivity contribution in [2.75, 3.05) is 45.9 Å². The van der Waals surface area contributed by atoms with E-state index in [0.717, 1.165) is 70.3 Å². The summed E-state index contributed by atoms with van der Waals surface area (Å²) in [6.45, 7) is 4.62. The molecular weight excluding hydrogens is 504 g/mol. The lowest BCUT2D eigenvalue weighted by atomic mass is 9.87. The van der Waals surface area contributed by atoms with Crippen LogP contribution in [0.15, 0.2) is 47.1 Å². The number of nitrogens with one attached hydrogen (secondary N) is 2. The van der Waals surface area contributed by atoms with Gasteiger partial charge in [-0.3, -0.25) is 14.9 Å². The Kier molecular flexibility index (Phi) is 6.76. The maximum atomic E-state index is 14.2. The molecule has 4 aliphatic heterocycles. The summed E-state index contributed by atoms with van der Waals surface area (Å²) in [4.78, 5) is 33.2. The van der Waals surface area contributed by atoms with Crippen molar-refractivity contribution >= 4 is 23.6 Å². The Morgan fingerprint density at radius 2 is 1.90 bits per heavy atom. The molecule has 3 N–H and O–H groups in total. The van der Waals surface area contributed by atoms with Crippen LogP contribution >= 0.6 is 0 Å². The van der Waals surface area contributed by atoms with Gasteiger partial charge in [-0.2, -0.15) is 5.10 Å². The summed E-state index contributed by atoms with van der Waals surface area (Å²) in [7, 11) is 0. The van der Waals surface area contributed by atoms with Crippen LogP contribution in [0.1, 0.15) is 55.8 Å². The van der Waals surface area contributed by atoms with Gasteiger partial charge in [0, 0.05) is 45.2 Å². The van der Waals surface area contributed by atoms with Gasteiger partial charge in [0.1, 0.15) is 11.7 Å². The summed E-state index contributed by atoms with van der Waals surface area (Å²) in [6.07, 6.45) is 11.6. The molecule has 2 amide bonds. The second kappa shape index (κ2) is 10.4. The number of nitrogens with zero attached hydrogens (tertiary/aromatic N) is 4. The second-order valence-corrected chi connectivity index (χ2v) is 12.5. The van der Waals surface area contributed by atoms with E-state index in [0.29, 0.717) is 24.9 Å². The molecule has 2 unspecified atom stereocenters. The molecule has 1 aromatic rings. The topological polar surface area (TPSA) is 101 Å². The minimum atomic E-state index is -0.572. The molecule has 1 spiro atoms. The van der Waals surface area contributed by atoms with Gasteiger partial charge in [0.05, 0.1) is 18.9 Å². The van der Waals surface area contributed by atoms with Gasteiger partial charge in [-0.1, -0.05) is 30.3 Å². The molecule has 40 heavy (non-hydrogen) atoms. The van der Waals surface area contributed by atoms with Gasteiger partial charge < -0.3 is 25.2 Å². The van der Waals surface area contributed by atoms with E-state index in [4.69, 9.17) is 0 Å². The zero-order valence-corrected chi connectivity index (χ0v) is 23.1. The van der Waals surface area contributed by atoms with E-state index in [1.807, 2.05) is 11.1 Å². The Hall–Kier alpha value is -3.01. The maximum Gasteiger partial charge on any atom is 0.244 e. The van der Waals surface area contributed by atoms with Crippen molar-refractivity contribution in [2.24, 2.45) is 16.9 Å². The Bertz CT molecular complexity index is 1240. The van der Waals surface area contributed by atoms with Crippen LogP contribution in [0, 0.1) is 11.8 Å². The number of amides is 2. The summed E-state index contributed by atoms with van der Waals surface area (Å²) < 4.78 is 0. The number of carbonyl (C=O) groups is 2. The van der Waals surface area contributed by atoms with Gasteiger partial charge >= 0.3 is 0 Å². The van der Waals surface area contributed by atoms with E-state index in [1.165, 1.54) is 16.7 Å². The summed E-state index contributed by atoms with van der Waals surface area (Å²) in [6, 6.07) is 8.96. The first kappa shape index (κ1) is 25.9. The molecule has 4 heterocycles. The van der Waals surface area contributed by atoms with Crippen LogP contribution < -0.4 is 10.7 Å². The largest absolute Gasteiger partial charge is 0.395 e. The molecule has 0 aromatic heterocycles. The number of aliphatic hydroxyl groups excluding tert-OH is 1. The zero-order chi connectivity index (χ0) is 27.3. The molecule has 3 saturated heterocycles. The van der Waals surface area contributed by atoms with Crippen LogP contribution in [0.5, 0.6) is 0 Å². The van der Waals surface area contributed by atoms with Gasteiger partial charge in [-0.25, -0.2) is 0 Å². The Morgan fingerprint density at radius 3 is 2.65 bits per heavy atom. The van der Waals surface area contributed by atoms with Crippen LogP contribution in [0.25, 0.3) is 5.57 Å². The molecule has 1 aromatic carbocycles. The Labute approximate surface area is 236 Å². The highest BCUT2D eigenvalue weighted by Crippen LogP contribution is 2.39. The number of allylic oxidation sites excluding steroid dienone is 2. The molecule has 2 aliphatic carbocycles. The SMILES string of the molecule is O=C(C1CC1)N1CC[C@@H](CN2C(=O)C3(CCN(CCO)CC3)NC2c2ccc(C3=CCC4NN=CC4=C3)cc2)C1. The number of hydrazone groups is 1. The van der Waals surface area contributed by atoms with E-state index in [2.05, 4.69) is 62.1 Å². The van der Waals surface area contributed by atoms with Gasteiger partial charge in [0.25, 0.3) is 0 Å². The summed E-state index contributed by atoms with van der Waals surface area (Å²) in [5, 5.41) is 17.4. The number of likely N-dealkylation sites (tertiary alicyclic amines) is 2. The Balaban J connectivity index is 1.11. The average Bonchev–Trinajstić information content (AvgIpc) is 3.44. The molecule has 0 radical (unpaired) electrons.